The van der Waals surface area contributed by atoms with E-state index >= 15 is 0 Å². The summed E-state index contributed by atoms with van der Waals surface area (Å²) >= 11 is 1.20. The molecule has 2 heterocycles. The summed E-state index contributed by atoms with van der Waals surface area (Å²) in [5.74, 6) is -2.68. The first-order valence-electron chi connectivity index (χ1n) is 8.35. The van der Waals surface area contributed by atoms with Gasteiger partial charge in [-0.25, -0.2) is 0 Å². The Kier molecular flexibility index (Phi) is 5.66. The lowest BCUT2D eigenvalue weighted by atomic mass is 10.1. The molecule has 1 N–H and O–H groups in total. The fourth-order valence-electron chi connectivity index (χ4n) is 2.73. The van der Waals surface area contributed by atoms with Gasteiger partial charge in [0.1, 0.15) is 0 Å². The highest BCUT2D eigenvalue weighted by Crippen LogP contribution is 2.26. The van der Waals surface area contributed by atoms with Crippen LogP contribution in [-0.2, 0) is 19.1 Å². The minimum absolute atomic E-state index is 0.0302. The third-order valence-electron chi connectivity index (χ3n) is 4.15. The number of anilines is 1. The predicted molar refractivity (Wildman–Crippen MR) is 99.4 cm³/mol. The fraction of sp³-hybridized carbons (Fsp3) is 0.263. The summed E-state index contributed by atoms with van der Waals surface area (Å²) in [7, 11) is 0. The number of rotatable bonds is 5. The molecule has 1 saturated heterocycles. The number of amides is 3. The van der Waals surface area contributed by atoms with E-state index in [0.717, 1.165) is 11.3 Å². The molecule has 0 spiro atoms. The van der Waals surface area contributed by atoms with Gasteiger partial charge in [0.05, 0.1) is 10.8 Å². The lowest BCUT2D eigenvalue weighted by molar-refractivity contribution is -0.152. The molecule has 0 saturated carbocycles. The third kappa shape index (κ3) is 4.59. The Balaban J connectivity index is 1.50. The maximum Gasteiger partial charge on any atom is 0.311 e. The Bertz CT molecular complexity index is 861. The molecule has 0 aliphatic carbocycles. The van der Waals surface area contributed by atoms with Gasteiger partial charge in [-0.15, -0.1) is 11.3 Å². The van der Waals surface area contributed by atoms with Gasteiger partial charge < -0.3 is 9.64 Å². The van der Waals surface area contributed by atoms with Crippen LogP contribution in [0.4, 0.5) is 5.69 Å². The second-order valence-electron chi connectivity index (χ2n) is 6.20. The maximum atomic E-state index is 12.2. The van der Waals surface area contributed by atoms with Crippen LogP contribution in [0.2, 0.25) is 0 Å². The van der Waals surface area contributed by atoms with Gasteiger partial charge in [0.2, 0.25) is 5.91 Å². The minimum atomic E-state index is -0.707. The molecule has 3 rings (SSSR count). The molecule has 1 fully saturated rings. The van der Waals surface area contributed by atoms with Gasteiger partial charge in [-0.05, 0) is 30.5 Å². The highest BCUT2D eigenvalue weighted by atomic mass is 32.1. The lowest BCUT2D eigenvalue weighted by Crippen LogP contribution is -2.34. The number of nitrogens with one attached hydrogen (secondary N) is 1. The molecule has 8 heteroatoms. The van der Waals surface area contributed by atoms with Crippen LogP contribution in [0.3, 0.4) is 0 Å². The summed E-state index contributed by atoms with van der Waals surface area (Å²) in [6.45, 7) is 1.59. The van der Waals surface area contributed by atoms with Crippen LogP contribution in [0.1, 0.15) is 21.7 Å². The molecule has 140 valence electrons. The van der Waals surface area contributed by atoms with Crippen molar-refractivity contribution in [1.82, 2.24) is 5.32 Å². The van der Waals surface area contributed by atoms with Crippen molar-refractivity contribution in [3.63, 3.8) is 0 Å². The van der Waals surface area contributed by atoms with Crippen molar-refractivity contribution in [1.29, 1.82) is 0 Å². The van der Waals surface area contributed by atoms with Crippen LogP contribution in [-0.4, -0.2) is 36.8 Å². The van der Waals surface area contributed by atoms with Gasteiger partial charge in [-0.2, -0.15) is 0 Å². The lowest BCUT2D eigenvalue weighted by Gasteiger charge is -2.16. The Morgan fingerprint density at radius 1 is 1.22 bits per heavy atom. The van der Waals surface area contributed by atoms with Gasteiger partial charge >= 0.3 is 5.97 Å². The molecular weight excluding hydrogens is 368 g/mol. The molecule has 1 atom stereocenters. The number of carbonyl (C=O) groups is 4. The van der Waals surface area contributed by atoms with E-state index in [2.05, 4.69) is 5.32 Å². The largest absolute Gasteiger partial charge is 0.455 e. The van der Waals surface area contributed by atoms with Crippen LogP contribution >= 0.6 is 11.3 Å². The molecule has 0 unspecified atom stereocenters. The Morgan fingerprint density at radius 3 is 2.63 bits per heavy atom. The van der Waals surface area contributed by atoms with Gasteiger partial charge in [0.25, 0.3) is 11.8 Å². The van der Waals surface area contributed by atoms with Crippen LogP contribution in [0.25, 0.3) is 0 Å². The van der Waals surface area contributed by atoms with Gasteiger partial charge in [0, 0.05) is 18.7 Å². The van der Waals surface area contributed by atoms with Crippen molar-refractivity contribution in [3.8, 4) is 0 Å². The molecular formula is C19H18N2O5S. The maximum absolute atomic E-state index is 12.2. The zero-order valence-electron chi connectivity index (χ0n) is 14.6. The van der Waals surface area contributed by atoms with Crippen molar-refractivity contribution in [2.24, 2.45) is 5.92 Å². The number of carbonyl (C=O) groups excluding carboxylic acids is 4. The van der Waals surface area contributed by atoms with Gasteiger partial charge in [-0.3, -0.25) is 24.5 Å². The van der Waals surface area contributed by atoms with Crippen molar-refractivity contribution >= 4 is 40.7 Å². The van der Waals surface area contributed by atoms with Crippen molar-refractivity contribution in [2.45, 2.75) is 13.3 Å². The van der Waals surface area contributed by atoms with E-state index in [1.54, 1.807) is 17.5 Å². The zero-order chi connectivity index (χ0) is 19.4. The smallest absolute Gasteiger partial charge is 0.311 e. The summed E-state index contributed by atoms with van der Waals surface area (Å²) in [6, 6.07) is 10.7. The molecule has 1 aliphatic rings. The van der Waals surface area contributed by atoms with Crippen molar-refractivity contribution in [3.05, 3.63) is 52.2 Å². The van der Waals surface area contributed by atoms with Gasteiger partial charge in [-0.1, -0.05) is 23.8 Å². The third-order valence-corrected chi connectivity index (χ3v) is 5.02. The second-order valence-corrected chi connectivity index (χ2v) is 7.15. The zero-order valence-corrected chi connectivity index (χ0v) is 15.5. The molecule has 27 heavy (non-hydrogen) atoms. The highest BCUT2D eigenvalue weighted by molar-refractivity contribution is 7.12. The molecule has 0 radical (unpaired) electrons. The monoisotopic (exact) mass is 386 g/mol. The SMILES string of the molecule is Cc1ccc(N2C[C@H](C(=O)OCC(=O)NC(=O)c3cccs3)CC2=O)cc1. The van der Waals surface area contributed by atoms with Crippen molar-refractivity contribution in [2.75, 3.05) is 18.1 Å². The highest BCUT2D eigenvalue weighted by Gasteiger charge is 2.36. The topological polar surface area (TPSA) is 92.8 Å². The minimum Gasteiger partial charge on any atom is -0.455 e. The molecule has 1 aromatic carbocycles. The summed E-state index contributed by atoms with van der Waals surface area (Å²) in [5.41, 5.74) is 1.80. The van der Waals surface area contributed by atoms with Crippen LogP contribution < -0.4 is 10.2 Å². The summed E-state index contributed by atoms with van der Waals surface area (Å²) in [4.78, 5) is 49.8. The number of nitrogens with zero attached hydrogens (tertiary/aromatic N) is 1. The summed E-state index contributed by atoms with van der Waals surface area (Å²) in [6.07, 6.45) is 0.0302. The fourth-order valence-corrected chi connectivity index (χ4v) is 3.35. The summed E-state index contributed by atoms with van der Waals surface area (Å²) in [5, 5.41) is 3.87. The Morgan fingerprint density at radius 2 is 1.96 bits per heavy atom. The van der Waals surface area contributed by atoms with Crippen LogP contribution in [0.5, 0.6) is 0 Å². The molecule has 2 aromatic rings. The predicted octanol–water partition coefficient (Wildman–Crippen LogP) is 1.91. The second kappa shape index (κ2) is 8.13. The van der Waals surface area contributed by atoms with E-state index in [1.807, 2.05) is 31.2 Å². The normalized spacial score (nSPS) is 16.3. The average molecular weight is 386 g/mol. The van der Waals surface area contributed by atoms with E-state index in [9.17, 15) is 19.2 Å². The Labute approximate surface area is 159 Å². The number of aryl methyl sites for hydroxylation is 1. The molecule has 3 amide bonds. The quantitative estimate of drug-likeness (QED) is 0.793. The standard InChI is InChI=1S/C19H18N2O5S/c1-12-4-6-14(7-5-12)21-10-13(9-17(21)23)19(25)26-11-16(22)20-18(24)15-3-2-8-27-15/h2-8,13H,9-11H2,1H3,(H,20,22,24)/t13-/m1/s1. The van der Waals surface area contributed by atoms with Crippen LogP contribution in [0.15, 0.2) is 41.8 Å². The van der Waals surface area contributed by atoms with Crippen molar-refractivity contribution < 1.29 is 23.9 Å². The van der Waals surface area contributed by atoms with E-state index < -0.39 is 30.3 Å². The molecule has 7 nitrogen and oxygen atoms in total. The first-order valence-corrected chi connectivity index (χ1v) is 9.23. The summed E-state index contributed by atoms with van der Waals surface area (Å²) < 4.78 is 4.98. The number of ether oxygens (including phenoxy) is 1. The number of thiophene rings is 1. The number of benzene rings is 1. The number of hydrogen-bond donors (Lipinski definition) is 1. The number of hydrogen-bond acceptors (Lipinski definition) is 6. The van der Waals surface area contributed by atoms with E-state index in [4.69, 9.17) is 4.74 Å². The first kappa shape index (κ1) is 18.8. The van der Waals surface area contributed by atoms with Crippen LogP contribution in [0, 0.1) is 12.8 Å². The molecule has 1 aliphatic heterocycles. The number of esters is 1. The average Bonchev–Trinajstić information content (AvgIpc) is 3.30. The van der Waals surface area contributed by atoms with E-state index in [0.29, 0.717) is 4.88 Å². The molecule has 0 bridgehead atoms. The first-order chi connectivity index (χ1) is 12.9. The van der Waals surface area contributed by atoms with Gasteiger partial charge in [0.15, 0.2) is 6.61 Å². The Hall–Kier alpha value is -3.00. The van der Waals surface area contributed by atoms with E-state index in [1.165, 1.54) is 16.2 Å². The molecule has 1 aromatic heterocycles. The van der Waals surface area contributed by atoms with E-state index in [-0.39, 0.29) is 18.9 Å². The number of imide groups is 1.